The van der Waals surface area contributed by atoms with Crippen molar-refractivity contribution in [2.45, 2.75) is 6.92 Å². The fraction of sp³-hybridized carbons (Fsp3) is 0.0741. The van der Waals surface area contributed by atoms with Crippen LogP contribution in [0.4, 0.5) is 0 Å². The van der Waals surface area contributed by atoms with Crippen molar-refractivity contribution in [3.05, 3.63) is 90.6 Å². The van der Waals surface area contributed by atoms with E-state index in [0.717, 1.165) is 22.4 Å². The van der Waals surface area contributed by atoms with Gasteiger partial charge in [-0.1, -0.05) is 54.6 Å². The standard InChI is InChI=1S/C27H20NO/c1-17-11-12-22-23-13-18-7-3-4-9-20(18)15-25(23)29-27(22)26(17)24-14-19-8-5-6-10-21(19)16-28(24)2/h3-16H,1-2H3/q+1. The summed E-state index contributed by atoms with van der Waals surface area (Å²) >= 11 is 0. The van der Waals surface area contributed by atoms with Gasteiger partial charge in [0.25, 0.3) is 0 Å². The fourth-order valence-corrected chi connectivity index (χ4v) is 4.48. The monoisotopic (exact) mass is 374 g/mol. The molecule has 29 heavy (non-hydrogen) atoms. The van der Waals surface area contributed by atoms with Gasteiger partial charge in [-0.2, -0.15) is 0 Å². The predicted octanol–water partition coefficient (Wildman–Crippen LogP) is 6.69. The van der Waals surface area contributed by atoms with Crippen LogP contribution in [-0.4, -0.2) is 0 Å². The van der Waals surface area contributed by atoms with Crippen molar-refractivity contribution < 1.29 is 8.98 Å². The van der Waals surface area contributed by atoms with Gasteiger partial charge in [-0.05, 0) is 46.8 Å². The molecule has 0 spiro atoms. The molecule has 0 saturated heterocycles. The van der Waals surface area contributed by atoms with Gasteiger partial charge >= 0.3 is 0 Å². The van der Waals surface area contributed by atoms with Crippen molar-refractivity contribution in [3.63, 3.8) is 0 Å². The summed E-state index contributed by atoms with van der Waals surface area (Å²) in [6.07, 6.45) is 2.19. The molecule has 2 aromatic heterocycles. The Morgan fingerprint density at radius 2 is 1.34 bits per heavy atom. The van der Waals surface area contributed by atoms with Gasteiger partial charge in [-0.3, -0.25) is 0 Å². The molecule has 138 valence electrons. The van der Waals surface area contributed by atoms with Crippen LogP contribution in [0.25, 0.3) is 54.7 Å². The van der Waals surface area contributed by atoms with Crippen molar-refractivity contribution in [1.29, 1.82) is 0 Å². The minimum absolute atomic E-state index is 0.939. The van der Waals surface area contributed by atoms with Gasteiger partial charge in [0.1, 0.15) is 18.2 Å². The first kappa shape index (κ1) is 16.3. The van der Waals surface area contributed by atoms with E-state index in [4.69, 9.17) is 4.42 Å². The Kier molecular flexibility index (Phi) is 3.33. The molecule has 0 amide bonds. The molecular weight excluding hydrogens is 354 g/mol. The Labute approximate surface area is 168 Å². The summed E-state index contributed by atoms with van der Waals surface area (Å²) in [6, 6.07) is 28.0. The maximum absolute atomic E-state index is 6.48. The maximum atomic E-state index is 6.48. The number of hydrogen-bond acceptors (Lipinski definition) is 1. The van der Waals surface area contributed by atoms with Gasteiger partial charge in [0.15, 0.2) is 6.20 Å². The summed E-state index contributed by atoms with van der Waals surface area (Å²) in [5.41, 5.74) is 5.44. The second-order valence-corrected chi connectivity index (χ2v) is 7.83. The SMILES string of the molecule is Cc1ccc2c(oc3cc4ccccc4cc32)c1-c1cc2ccccc2c[n+]1C. The Balaban J connectivity index is 1.73. The molecule has 0 N–H and O–H groups in total. The van der Waals surface area contributed by atoms with Crippen LogP contribution in [0.2, 0.25) is 0 Å². The lowest BCUT2D eigenvalue weighted by Gasteiger charge is -2.07. The lowest BCUT2D eigenvalue weighted by Crippen LogP contribution is -2.30. The maximum Gasteiger partial charge on any atom is 0.216 e. The van der Waals surface area contributed by atoms with Crippen LogP contribution in [-0.2, 0) is 7.05 Å². The van der Waals surface area contributed by atoms with Crippen LogP contribution < -0.4 is 4.57 Å². The molecule has 0 unspecified atom stereocenters. The highest BCUT2D eigenvalue weighted by atomic mass is 16.3. The summed E-state index contributed by atoms with van der Waals surface area (Å²) in [7, 11) is 2.11. The van der Waals surface area contributed by atoms with E-state index in [2.05, 4.69) is 104 Å². The minimum atomic E-state index is 0.939. The summed E-state index contributed by atoms with van der Waals surface area (Å²) in [5, 5.41) is 7.25. The Bertz CT molecular complexity index is 1570. The largest absolute Gasteiger partial charge is 0.455 e. The highest BCUT2D eigenvalue weighted by molar-refractivity contribution is 6.13. The average molecular weight is 374 g/mol. The zero-order valence-corrected chi connectivity index (χ0v) is 16.4. The van der Waals surface area contributed by atoms with E-state index in [0.29, 0.717) is 0 Å². The first-order valence-electron chi connectivity index (χ1n) is 9.92. The molecule has 0 atom stereocenters. The summed E-state index contributed by atoms with van der Waals surface area (Å²) in [4.78, 5) is 0. The van der Waals surface area contributed by atoms with E-state index in [1.807, 2.05) is 0 Å². The van der Waals surface area contributed by atoms with Gasteiger partial charge in [0.2, 0.25) is 5.69 Å². The predicted molar refractivity (Wildman–Crippen MR) is 120 cm³/mol. The number of aromatic nitrogens is 1. The number of nitrogens with zero attached hydrogens (tertiary/aromatic N) is 1. The number of fused-ring (bicyclic) bond motifs is 5. The van der Waals surface area contributed by atoms with Crippen molar-refractivity contribution in [1.82, 2.24) is 0 Å². The van der Waals surface area contributed by atoms with Gasteiger partial charge < -0.3 is 4.42 Å². The summed E-state index contributed by atoms with van der Waals surface area (Å²) < 4.78 is 8.68. The number of furan rings is 1. The lowest BCUT2D eigenvalue weighted by molar-refractivity contribution is -0.659. The molecule has 0 aliphatic carbocycles. The lowest BCUT2D eigenvalue weighted by atomic mass is 9.98. The molecule has 6 rings (SSSR count). The minimum Gasteiger partial charge on any atom is -0.455 e. The topological polar surface area (TPSA) is 17.0 Å². The van der Waals surface area contributed by atoms with Gasteiger partial charge in [0.05, 0.1) is 5.56 Å². The summed E-state index contributed by atoms with van der Waals surface area (Å²) in [6.45, 7) is 2.16. The summed E-state index contributed by atoms with van der Waals surface area (Å²) in [5.74, 6) is 0. The normalized spacial score (nSPS) is 11.8. The van der Waals surface area contributed by atoms with Crippen LogP contribution in [0.1, 0.15) is 5.56 Å². The Hall–Kier alpha value is -3.65. The molecule has 0 bridgehead atoms. The second-order valence-electron chi connectivity index (χ2n) is 7.83. The molecule has 2 nitrogen and oxygen atoms in total. The van der Waals surface area contributed by atoms with Gasteiger partial charge in [-0.15, -0.1) is 0 Å². The zero-order chi connectivity index (χ0) is 19.5. The van der Waals surface area contributed by atoms with Crippen LogP contribution in [0.15, 0.2) is 89.5 Å². The van der Waals surface area contributed by atoms with Crippen LogP contribution in [0.5, 0.6) is 0 Å². The molecule has 6 aromatic rings. The quantitative estimate of drug-likeness (QED) is 0.293. The van der Waals surface area contributed by atoms with Gasteiger partial charge in [-0.25, -0.2) is 4.57 Å². The van der Waals surface area contributed by atoms with E-state index in [-0.39, 0.29) is 0 Å². The zero-order valence-electron chi connectivity index (χ0n) is 16.4. The van der Waals surface area contributed by atoms with Crippen molar-refractivity contribution >= 4 is 43.5 Å². The molecule has 0 saturated carbocycles. The molecule has 0 aliphatic heterocycles. The highest BCUT2D eigenvalue weighted by Crippen LogP contribution is 2.38. The average Bonchev–Trinajstić information content (AvgIpc) is 3.09. The number of rotatable bonds is 1. The molecular formula is C27H20NO+. The highest BCUT2D eigenvalue weighted by Gasteiger charge is 2.21. The Morgan fingerprint density at radius 3 is 2.10 bits per heavy atom. The molecule has 2 heterocycles. The first-order valence-corrected chi connectivity index (χ1v) is 9.92. The number of hydrogen-bond donors (Lipinski definition) is 0. The van der Waals surface area contributed by atoms with Crippen molar-refractivity contribution in [2.24, 2.45) is 7.05 Å². The van der Waals surface area contributed by atoms with Crippen molar-refractivity contribution in [2.75, 3.05) is 0 Å². The number of pyridine rings is 1. The fourth-order valence-electron chi connectivity index (χ4n) is 4.48. The molecule has 0 radical (unpaired) electrons. The van der Waals surface area contributed by atoms with E-state index in [9.17, 15) is 0 Å². The molecule has 0 fully saturated rings. The van der Waals surface area contributed by atoms with Gasteiger partial charge in [0, 0.05) is 22.2 Å². The van der Waals surface area contributed by atoms with Crippen LogP contribution in [0.3, 0.4) is 0 Å². The number of benzene rings is 4. The molecule has 2 heteroatoms. The molecule has 0 aliphatic rings. The van der Waals surface area contributed by atoms with Crippen LogP contribution >= 0.6 is 0 Å². The van der Waals surface area contributed by atoms with Crippen LogP contribution in [0, 0.1) is 6.92 Å². The van der Waals surface area contributed by atoms with E-state index in [1.54, 1.807) is 0 Å². The third kappa shape index (κ3) is 2.39. The van der Waals surface area contributed by atoms with Crippen molar-refractivity contribution in [3.8, 4) is 11.3 Å². The third-order valence-electron chi connectivity index (χ3n) is 5.97. The van der Waals surface area contributed by atoms with E-state index >= 15 is 0 Å². The van der Waals surface area contributed by atoms with E-state index in [1.165, 1.54) is 37.9 Å². The smallest absolute Gasteiger partial charge is 0.216 e. The first-order chi connectivity index (χ1) is 14.2. The number of aryl methyl sites for hydroxylation is 2. The molecule has 4 aromatic carbocycles. The second kappa shape index (κ2) is 5.92. The third-order valence-corrected chi connectivity index (χ3v) is 5.97. The van der Waals surface area contributed by atoms with E-state index < -0.39 is 0 Å². The Morgan fingerprint density at radius 1 is 0.690 bits per heavy atom.